The Labute approximate surface area is 149 Å². The molecular formula is C19H16N4O3. The number of benzene rings is 1. The lowest BCUT2D eigenvalue weighted by molar-refractivity contribution is 0.0937. The average molecular weight is 348 g/mol. The van der Waals surface area contributed by atoms with E-state index in [-0.39, 0.29) is 18.3 Å². The number of hydrogen-bond acceptors (Lipinski definition) is 5. The van der Waals surface area contributed by atoms with E-state index >= 15 is 0 Å². The van der Waals surface area contributed by atoms with Crippen LogP contribution < -0.4 is 5.32 Å². The fourth-order valence-electron chi connectivity index (χ4n) is 2.50. The number of nitrogens with zero attached hydrogens (tertiary/aromatic N) is 3. The molecule has 4 rings (SSSR count). The molecule has 1 N–H and O–H groups in total. The first-order chi connectivity index (χ1) is 12.7. The maximum absolute atomic E-state index is 12.4. The zero-order valence-corrected chi connectivity index (χ0v) is 14.0. The van der Waals surface area contributed by atoms with Crippen LogP contribution in [0.15, 0.2) is 69.9 Å². The fraction of sp³-hybridized carbons (Fsp3) is 0.105. The zero-order valence-electron chi connectivity index (χ0n) is 14.0. The van der Waals surface area contributed by atoms with Crippen molar-refractivity contribution < 1.29 is 13.6 Å². The number of amides is 1. The molecule has 0 radical (unpaired) electrons. The highest BCUT2D eigenvalue weighted by Gasteiger charge is 2.20. The molecule has 0 spiro atoms. The average Bonchev–Trinajstić information content (AvgIpc) is 3.41. The fourth-order valence-corrected chi connectivity index (χ4v) is 2.50. The summed E-state index contributed by atoms with van der Waals surface area (Å²) in [4.78, 5) is 16.8. The Hall–Kier alpha value is -3.61. The van der Waals surface area contributed by atoms with Crippen molar-refractivity contribution in [1.82, 2.24) is 20.1 Å². The third kappa shape index (κ3) is 3.14. The molecule has 26 heavy (non-hydrogen) atoms. The van der Waals surface area contributed by atoms with Crippen molar-refractivity contribution in [2.24, 2.45) is 0 Å². The van der Waals surface area contributed by atoms with Crippen LogP contribution in [-0.2, 0) is 6.54 Å². The first-order valence-electron chi connectivity index (χ1n) is 8.09. The summed E-state index contributed by atoms with van der Waals surface area (Å²) in [6.45, 7) is 2.27. The number of rotatable bonds is 5. The Morgan fingerprint density at radius 3 is 2.54 bits per heavy atom. The molecule has 3 aromatic heterocycles. The number of hydrogen-bond donors (Lipinski definition) is 1. The van der Waals surface area contributed by atoms with Crippen molar-refractivity contribution >= 4 is 5.91 Å². The van der Waals surface area contributed by atoms with Crippen LogP contribution in [0.4, 0.5) is 0 Å². The molecule has 0 aliphatic rings. The number of aromatic nitrogens is 3. The number of carbonyl (C=O) groups excluding carboxylic acids is 1. The summed E-state index contributed by atoms with van der Waals surface area (Å²) < 4.78 is 12.3. The van der Waals surface area contributed by atoms with E-state index in [9.17, 15) is 4.79 Å². The van der Waals surface area contributed by atoms with Crippen LogP contribution in [0.5, 0.6) is 0 Å². The number of carbonyl (C=O) groups is 1. The maximum Gasteiger partial charge on any atom is 0.291 e. The molecule has 0 aliphatic carbocycles. The van der Waals surface area contributed by atoms with E-state index in [1.54, 1.807) is 41.5 Å². The molecule has 0 aliphatic heterocycles. The molecule has 7 nitrogen and oxygen atoms in total. The third-order valence-electron chi connectivity index (χ3n) is 3.83. The summed E-state index contributed by atoms with van der Waals surface area (Å²) in [6.07, 6.45) is 3.11. The normalized spacial score (nSPS) is 10.8. The minimum absolute atomic E-state index is 0.0588. The molecule has 130 valence electrons. The van der Waals surface area contributed by atoms with Gasteiger partial charge in [0.1, 0.15) is 5.76 Å². The number of furan rings is 2. The van der Waals surface area contributed by atoms with Crippen LogP contribution in [0.3, 0.4) is 0 Å². The zero-order chi connectivity index (χ0) is 17.9. The van der Waals surface area contributed by atoms with Gasteiger partial charge in [-0.15, -0.1) is 5.10 Å². The molecule has 7 heteroatoms. The van der Waals surface area contributed by atoms with Gasteiger partial charge in [-0.1, -0.05) is 17.7 Å². The van der Waals surface area contributed by atoms with Crippen molar-refractivity contribution in [2.45, 2.75) is 13.5 Å². The third-order valence-corrected chi connectivity index (χ3v) is 3.83. The summed E-state index contributed by atoms with van der Waals surface area (Å²) in [6, 6.07) is 14.9. The van der Waals surface area contributed by atoms with E-state index in [2.05, 4.69) is 15.4 Å². The summed E-state index contributed by atoms with van der Waals surface area (Å²) in [5.41, 5.74) is 1.92. The molecule has 1 amide bonds. The topological polar surface area (TPSA) is 86.1 Å². The molecule has 0 fully saturated rings. The SMILES string of the molecule is Cc1ccc(-n2nc(C(=O)NCc3ccco3)nc2-c2ccco2)cc1. The molecular weight excluding hydrogens is 332 g/mol. The van der Waals surface area contributed by atoms with Crippen molar-refractivity contribution in [3.05, 3.63) is 78.2 Å². The summed E-state index contributed by atoms with van der Waals surface area (Å²) in [7, 11) is 0. The standard InChI is InChI=1S/C19H16N4O3/c1-13-6-8-14(9-7-13)23-18(16-5-3-11-26-16)21-17(22-23)19(24)20-12-15-4-2-10-25-15/h2-11H,12H2,1H3,(H,20,24). The quantitative estimate of drug-likeness (QED) is 0.598. The van der Waals surface area contributed by atoms with Crippen LogP contribution in [0.1, 0.15) is 21.9 Å². The maximum atomic E-state index is 12.4. The summed E-state index contributed by atoms with van der Waals surface area (Å²) >= 11 is 0. The van der Waals surface area contributed by atoms with Gasteiger partial charge in [0.05, 0.1) is 24.8 Å². The molecule has 4 aromatic rings. The van der Waals surface area contributed by atoms with Crippen LogP contribution >= 0.6 is 0 Å². The Kier molecular flexibility index (Phi) is 4.10. The van der Waals surface area contributed by atoms with Gasteiger partial charge in [0.25, 0.3) is 5.91 Å². The van der Waals surface area contributed by atoms with E-state index in [0.29, 0.717) is 17.3 Å². The van der Waals surface area contributed by atoms with Crippen LogP contribution in [-0.4, -0.2) is 20.7 Å². The van der Waals surface area contributed by atoms with Gasteiger partial charge in [0.2, 0.25) is 5.82 Å². The van der Waals surface area contributed by atoms with Gasteiger partial charge < -0.3 is 14.2 Å². The second-order valence-corrected chi connectivity index (χ2v) is 5.75. The minimum atomic E-state index is -0.389. The van der Waals surface area contributed by atoms with E-state index in [1.807, 2.05) is 31.2 Å². The molecule has 3 heterocycles. The predicted molar refractivity (Wildman–Crippen MR) is 93.7 cm³/mol. The van der Waals surface area contributed by atoms with Gasteiger partial charge in [-0.2, -0.15) is 4.98 Å². The van der Waals surface area contributed by atoms with E-state index in [1.165, 1.54) is 0 Å². The Morgan fingerprint density at radius 2 is 1.85 bits per heavy atom. The largest absolute Gasteiger partial charge is 0.467 e. The lowest BCUT2D eigenvalue weighted by Crippen LogP contribution is -2.24. The van der Waals surface area contributed by atoms with Crippen molar-refractivity contribution in [1.29, 1.82) is 0 Å². The van der Waals surface area contributed by atoms with E-state index in [4.69, 9.17) is 8.83 Å². The van der Waals surface area contributed by atoms with Gasteiger partial charge >= 0.3 is 0 Å². The minimum Gasteiger partial charge on any atom is -0.467 e. The monoisotopic (exact) mass is 348 g/mol. The smallest absolute Gasteiger partial charge is 0.291 e. The van der Waals surface area contributed by atoms with Gasteiger partial charge in [-0.05, 0) is 43.3 Å². The van der Waals surface area contributed by atoms with Gasteiger partial charge in [-0.25, -0.2) is 4.68 Å². The molecule has 0 atom stereocenters. The Morgan fingerprint density at radius 1 is 1.08 bits per heavy atom. The number of nitrogens with one attached hydrogen (secondary N) is 1. The van der Waals surface area contributed by atoms with Crippen LogP contribution in [0.25, 0.3) is 17.3 Å². The molecule has 0 saturated carbocycles. The second kappa shape index (κ2) is 6.72. The number of aryl methyl sites for hydroxylation is 1. The molecule has 0 saturated heterocycles. The van der Waals surface area contributed by atoms with Gasteiger partial charge in [-0.3, -0.25) is 4.79 Å². The lowest BCUT2D eigenvalue weighted by Gasteiger charge is -2.04. The molecule has 0 unspecified atom stereocenters. The second-order valence-electron chi connectivity index (χ2n) is 5.75. The van der Waals surface area contributed by atoms with Crippen molar-refractivity contribution in [3.63, 3.8) is 0 Å². The van der Waals surface area contributed by atoms with E-state index in [0.717, 1.165) is 11.3 Å². The predicted octanol–water partition coefficient (Wildman–Crippen LogP) is 3.36. The molecule has 0 bridgehead atoms. The van der Waals surface area contributed by atoms with Crippen molar-refractivity contribution in [3.8, 4) is 17.3 Å². The van der Waals surface area contributed by atoms with Crippen molar-refractivity contribution in [2.75, 3.05) is 0 Å². The summed E-state index contributed by atoms with van der Waals surface area (Å²) in [5.74, 6) is 1.32. The highest BCUT2D eigenvalue weighted by Crippen LogP contribution is 2.22. The first-order valence-corrected chi connectivity index (χ1v) is 8.09. The van der Waals surface area contributed by atoms with Crippen LogP contribution in [0, 0.1) is 6.92 Å². The van der Waals surface area contributed by atoms with Gasteiger partial charge in [0, 0.05) is 0 Å². The lowest BCUT2D eigenvalue weighted by atomic mass is 10.2. The molecule has 1 aromatic carbocycles. The highest BCUT2D eigenvalue weighted by molar-refractivity contribution is 5.90. The van der Waals surface area contributed by atoms with Crippen LogP contribution in [0.2, 0.25) is 0 Å². The first kappa shape index (κ1) is 15.9. The Bertz CT molecular complexity index is 1000. The highest BCUT2D eigenvalue weighted by atomic mass is 16.3. The van der Waals surface area contributed by atoms with Gasteiger partial charge in [0.15, 0.2) is 11.6 Å². The Balaban J connectivity index is 1.66. The van der Waals surface area contributed by atoms with E-state index < -0.39 is 0 Å². The summed E-state index contributed by atoms with van der Waals surface area (Å²) in [5, 5.41) is 7.11.